The van der Waals surface area contributed by atoms with Gasteiger partial charge in [-0.1, -0.05) is 41.5 Å². The number of hydrogen-bond acceptors (Lipinski definition) is 2. The first-order valence-corrected chi connectivity index (χ1v) is 5.95. The smallest absolute Gasteiger partial charge is 0.134 e. The average Bonchev–Trinajstić information content (AvgIpc) is 1.93. The van der Waals surface area contributed by atoms with Crippen LogP contribution in [0.2, 0.25) is 0 Å². The second-order valence-corrected chi connectivity index (χ2v) is 7.01. The molecule has 0 unspecified atom stereocenters. The van der Waals surface area contributed by atoms with Crippen molar-refractivity contribution in [3.05, 3.63) is 0 Å². The maximum absolute atomic E-state index is 11.9. The second kappa shape index (κ2) is 5.11. The van der Waals surface area contributed by atoms with Gasteiger partial charge in [0.1, 0.15) is 11.6 Å². The Hall–Kier alpha value is -0.660. The molecule has 0 aliphatic carbocycles. The van der Waals surface area contributed by atoms with E-state index in [2.05, 4.69) is 0 Å². The Morgan fingerprint density at radius 2 is 1.44 bits per heavy atom. The van der Waals surface area contributed by atoms with Crippen LogP contribution in [0.3, 0.4) is 0 Å². The molecule has 0 amide bonds. The van der Waals surface area contributed by atoms with Crippen LogP contribution in [0.1, 0.15) is 61.3 Å². The average molecular weight is 226 g/mol. The van der Waals surface area contributed by atoms with Crippen molar-refractivity contribution in [2.45, 2.75) is 61.3 Å². The van der Waals surface area contributed by atoms with Gasteiger partial charge < -0.3 is 0 Å². The first kappa shape index (κ1) is 15.3. The molecule has 0 aliphatic heterocycles. The van der Waals surface area contributed by atoms with Gasteiger partial charge in [0.25, 0.3) is 0 Å². The summed E-state index contributed by atoms with van der Waals surface area (Å²) in [6.45, 7) is 13.8. The van der Waals surface area contributed by atoms with Gasteiger partial charge >= 0.3 is 0 Å². The van der Waals surface area contributed by atoms with Crippen molar-refractivity contribution < 1.29 is 9.59 Å². The van der Waals surface area contributed by atoms with Gasteiger partial charge in [0, 0.05) is 18.8 Å². The molecule has 0 fully saturated rings. The molecule has 0 rings (SSSR count). The van der Waals surface area contributed by atoms with Crippen LogP contribution in [-0.4, -0.2) is 11.6 Å². The third-order valence-corrected chi connectivity index (χ3v) is 2.70. The summed E-state index contributed by atoms with van der Waals surface area (Å²) in [7, 11) is 0. The predicted molar refractivity (Wildman–Crippen MR) is 67.3 cm³/mol. The monoisotopic (exact) mass is 226 g/mol. The predicted octanol–water partition coefficient (Wildman–Crippen LogP) is 3.63. The van der Waals surface area contributed by atoms with E-state index >= 15 is 0 Å². The molecule has 0 aromatic carbocycles. The van der Waals surface area contributed by atoms with Crippen LogP contribution in [-0.2, 0) is 9.59 Å². The van der Waals surface area contributed by atoms with Gasteiger partial charge in [0.2, 0.25) is 0 Å². The molecule has 0 radical (unpaired) electrons. The lowest BCUT2D eigenvalue weighted by molar-refractivity contribution is -0.130. The zero-order valence-electron chi connectivity index (χ0n) is 11.8. The van der Waals surface area contributed by atoms with Gasteiger partial charge in [-0.25, -0.2) is 0 Å². The van der Waals surface area contributed by atoms with E-state index in [-0.39, 0.29) is 28.3 Å². The van der Waals surface area contributed by atoms with Crippen molar-refractivity contribution in [2.24, 2.45) is 16.7 Å². The van der Waals surface area contributed by atoms with Gasteiger partial charge in [-0.2, -0.15) is 0 Å². The summed E-state index contributed by atoms with van der Waals surface area (Å²) in [5, 5.41) is 0. The zero-order chi connectivity index (χ0) is 13.1. The van der Waals surface area contributed by atoms with Crippen LogP contribution in [0.5, 0.6) is 0 Å². The summed E-state index contributed by atoms with van der Waals surface area (Å²) < 4.78 is 0. The van der Waals surface area contributed by atoms with Crippen LogP contribution in [0.25, 0.3) is 0 Å². The Bertz CT molecular complexity index is 263. The highest BCUT2D eigenvalue weighted by atomic mass is 16.1. The lowest BCUT2D eigenvalue weighted by Gasteiger charge is -2.29. The van der Waals surface area contributed by atoms with Gasteiger partial charge in [0.05, 0.1) is 0 Å². The summed E-state index contributed by atoms with van der Waals surface area (Å²) in [6, 6.07) is 0. The molecule has 0 spiro atoms. The third-order valence-electron chi connectivity index (χ3n) is 2.70. The summed E-state index contributed by atoms with van der Waals surface area (Å²) in [6.07, 6.45) is 0.933. The summed E-state index contributed by atoms with van der Waals surface area (Å²) >= 11 is 0. The van der Waals surface area contributed by atoms with E-state index in [0.29, 0.717) is 12.8 Å². The number of ketones is 2. The molecule has 0 aliphatic rings. The maximum atomic E-state index is 11.9. The summed E-state index contributed by atoms with van der Waals surface area (Å²) in [5.74, 6) is 0.166. The largest absolute Gasteiger partial charge is 0.300 e. The fourth-order valence-corrected chi connectivity index (χ4v) is 1.95. The van der Waals surface area contributed by atoms with Crippen LogP contribution in [0.4, 0.5) is 0 Å². The molecule has 0 heterocycles. The molecule has 0 N–H and O–H groups in total. The van der Waals surface area contributed by atoms with Gasteiger partial charge in [-0.3, -0.25) is 9.59 Å². The summed E-state index contributed by atoms with van der Waals surface area (Å²) in [4.78, 5) is 23.4. The van der Waals surface area contributed by atoms with Crippen LogP contribution < -0.4 is 0 Å². The highest BCUT2D eigenvalue weighted by Crippen LogP contribution is 2.31. The number of carbonyl (C=O) groups excluding carboxylic acids is 2. The highest BCUT2D eigenvalue weighted by Gasteiger charge is 2.31. The molecule has 2 nitrogen and oxygen atoms in total. The fraction of sp³-hybridized carbons (Fsp3) is 0.857. The lowest BCUT2D eigenvalue weighted by Crippen LogP contribution is -2.30. The molecule has 1 atom stereocenters. The Kier molecular flexibility index (Phi) is 4.90. The van der Waals surface area contributed by atoms with Gasteiger partial charge in [-0.15, -0.1) is 0 Å². The standard InChI is InChI=1S/C14H26O2/c1-10(15)12(14(5,6)7)8-11(16)9-13(2,3)4/h12H,8-9H2,1-7H3/t12-/m1/s1. The minimum Gasteiger partial charge on any atom is -0.300 e. The number of hydrogen-bond donors (Lipinski definition) is 0. The quantitative estimate of drug-likeness (QED) is 0.733. The number of carbonyl (C=O) groups is 2. The normalized spacial score (nSPS) is 14.7. The third kappa shape index (κ3) is 6.04. The Morgan fingerprint density at radius 1 is 1.00 bits per heavy atom. The molecule has 0 aromatic heterocycles. The molecular weight excluding hydrogens is 200 g/mol. The van der Waals surface area contributed by atoms with Crippen LogP contribution in [0, 0.1) is 16.7 Å². The van der Waals surface area contributed by atoms with Crippen LogP contribution >= 0.6 is 0 Å². The Morgan fingerprint density at radius 3 is 1.69 bits per heavy atom. The van der Waals surface area contributed by atoms with E-state index in [1.807, 2.05) is 41.5 Å². The lowest BCUT2D eigenvalue weighted by atomic mass is 9.74. The van der Waals surface area contributed by atoms with E-state index in [0.717, 1.165) is 0 Å². The van der Waals surface area contributed by atoms with Gasteiger partial charge in [-0.05, 0) is 17.8 Å². The van der Waals surface area contributed by atoms with Crippen molar-refractivity contribution in [1.82, 2.24) is 0 Å². The van der Waals surface area contributed by atoms with Gasteiger partial charge in [0.15, 0.2) is 0 Å². The van der Waals surface area contributed by atoms with E-state index in [9.17, 15) is 9.59 Å². The maximum Gasteiger partial charge on any atom is 0.134 e. The number of rotatable bonds is 4. The fourth-order valence-electron chi connectivity index (χ4n) is 1.95. The zero-order valence-corrected chi connectivity index (χ0v) is 11.8. The van der Waals surface area contributed by atoms with Crippen molar-refractivity contribution >= 4 is 11.6 Å². The highest BCUT2D eigenvalue weighted by molar-refractivity contribution is 5.87. The molecular formula is C14H26O2. The first-order chi connectivity index (χ1) is 6.93. The summed E-state index contributed by atoms with van der Waals surface area (Å²) in [5.41, 5.74) is -0.115. The molecule has 0 saturated heterocycles. The first-order valence-electron chi connectivity index (χ1n) is 5.95. The molecule has 16 heavy (non-hydrogen) atoms. The Labute approximate surface area is 99.8 Å². The minimum absolute atomic E-state index is 0.0102. The van der Waals surface area contributed by atoms with E-state index in [1.54, 1.807) is 6.92 Å². The van der Waals surface area contributed by atoms with Crippen molar-refractivity contribution in [1.29, 1.82) is 0 Å². The topological polar surface area (TPSA) is 34.1 Å². The molecule has 0 aromatic rings. The van der Waals surface area contributed by atoms with Crippen molar-refractivity contribution in [3.8, 4) is 0 Å². The van der Waals surface area contributed by atoms with E-state index in [1.165, 1.54) is 0 Å². The second-order valence-electron chi connectivity index (χ2n) is 7.01. The minimum atomic E-state index is -0.151. The molecule has 0 saturated carbocycles. The molecule has 94 valence electrons. The van der Waals surface area contributed by atoms with E-state index < -0.39 is 0 Å². The van der Waals surface area contributed by atoms with Crippen molar-refractivity contribution in [3.63, 3.8) is 0 Å². The SMILES string of the molecule is CC(=O)[C@@H](CC(=O)CC(C)(C)C)C(C)(C)C. The Balaban J connectivity index is 4.56. The van der Waals surface area contributed by atoms with Crippen molar-refractivity contribution in [2.75, 3.05) is 0 Å². The molecule has 2 heteroatoms. The van der Waals surface area contributed by atoms with Crippen LogP contribution in [0.15, 0.2) is 0 Å². The van der Waals surface area contributed by atoms with E-state index in [4.69, 9.17) is 0 Å². The number of Topliss-reactive ketones (excluding diaryl/α,β-unsaturated/α-hetero) is 2. The molecule has 0 bridgehead atoms.